The van der Waals surface area contributed by atoms with Gasteiger partial charge >= 0.3 is 0 Å². The lowest BCUT2D eigenvalue weighted by Gasteiger charge is -2.33. The van der Waals surface area contributed by atoms with Gasteiger partial charge in [0, 0.05) is 37.4 Å². The van der Waals surface area contributed by atoms with Gasteiger partial charge in [0.05, 0.1) is 0 Å². The minimum Gasteiger partial charge on any atom is -0.356 e. The predicted molar refractivity (Wildman–Crippen MR) is 102 cm³/mol. The van der Waals surface area contributed by atoms with Gasteiger partial charge in [-0.25, -0.2) is 9.97 Å². The summed E-state index contributed by atoms with van der Waals surface area (Å²) in [5.74, 6) is 1.97. The first-order chi connectivity index (χ1) is 12.2. The molecule has 0 unspecified atom stereocenters. The highest BCUT2D eigenvalue weighted by Crippen LogP contribution is 2.20. The summed E-state index contributed by atoms with van der Waals surface area (Å²) in [6.07, 6.45) is 5.37. The standard InChI is InChI=1S/C18H28N6S/c1-4-6-15-11-16(21-13(3)20-15)24-9-7-14(8-10-24)19-12-18-23-22-17(5-2)25-18/h11,14,19H,4-10,12H2,1-3H3. The molecule has 0 amide bonds. The Balaban J connectivity index is 1.51. The molecule has 1 aliphatic heterocycles. The van der Waals surface area contributed by atoms with Gasteiger partial charge in [-0.3, -0.25) is 0 Å². The number of nitrogens with one attached hydrogen (secondary N) is 1. The molecule has 0 atom stereocenters. The molecule has 0 aromatic carbocycles. The lowest BCUT2D eigenvalue weighted by molar-refractivity contribution is 0.411. The average Bonchev–Trinajstić information content (AvgIpc) is 3.08. The minimum atomic E-state index is 0.545. The molecule has 1 saturated heterocycles. The Morgan fingerprint density at radius 3 is 2.60 bits per heavy atom. The van der Waals surface area contributed by atoms with Crippen molar-refractivity contribution in [1.82, 2.24) is 25.5 Å². The van der Waals surface area contributed by atoms with Gasteiger partial charge in [0.15, 0.2) is 0 Å². The van der Waals surface area contributed by atoms with Gasteiger partial charge in [0.25, 0.3) is 0 Å². The lowest BCUT2D eigenvalue weighted by Crippen LogP contribution is -2.42. The third-order valence-electron chi connectivity index (χ3n) is 4.56. The van der Waals surface area contributed by atoms with Crippen LogP contribution in [0, 0.1) is 6.92 Å². The van der Waals surface area contributed by atoms with Crippen molar-refractivity contribution in [2.45, 2.75) is 65.5 Å². The lowest BCUT2D eigenvalue weighted by atomic mass is 10.0. The molecule has 1 aliphatic rings. The number of hydrogen-bond donors (Lipinski definition) is 1. The fraction of sp³-hybridized carbons (Fsp3) is 0.667. The Bertz CT molecular complexity index is 678. The molecule has 0 spiro atoms. The van der Waals surface area contributed by atoms with Gasteiger partial charge in [0.1, 0.15) is 21.7 Å². The second-order valence-electron chi connectivity index (χ2n) is 6.60. The van der Waals surface area contributed by atoms with Crippen molar-refractivity contribution in [2.75, 3.05) is 18.0 Å². The van der Waals surface area contributed by atoms with Crippen molar-refractivity contribution in [3.63, 3.8) is 0 Å². The second kappa shape index (κ2) is 8.67. The molecule has 3 heterocycles. The smallest absolute Gasteiger partial charge is 0.132 e. The Morgan fingerprint density at radius 2 is 1.92 bits per heavy atom. The third-order valence-corrected chi connectivity index (χ3v) is 5.62. The van der Waals surface area contributed by atoms with E-state index in [0.717, 1.165) is 79.1 Å². The van der Waals surface area contributed by atoms with Crippen LogP contribution in [0.5, 0.6) is 0 Å². The highest BCUT2D eigenvalue weighted by Gasteiger charge is 2.21. The van der Waals surface area contributed by atoms with Gasteiger partial charge in [-0.2, -0.15) is 0 Å². The van der Waals surface area contributed by atoms with E-state index >= 15 is 0 Å². The first-order valence-electron chi connectivity index (χ1n) is 9.32. The zero-order chi connectivity index (χ0) is 17.6. The number of hydrogen-bond acceptors (Lipinski definition) is 7. The van der Waals surface area contributed by atoms with E-state index in [2.05, 4.69) is 50.3 Å². The maximum absolute atomic E-state index is 4.65. The fourth-order valence-corrected chi connectivity index (χ4v) is 3.94. The highest BCUT2D eigenvalue weighted by atomic mass is 32.1. The second-order valence-corrected chi connectivity index (χ2v) is 7.75. The van der Waals surface area contributed by atoms with Crippen molar-refractivity contribution < 1.29 is 0 Å². The molecule has 0 bridgehead atoms. The van der Waals surface area contributed by atoms with Crippen molar-refractivity contribution >= 4 is 17.2 Å². The molecule has 0 saturated carbocycles. The zero-order valence-corrected chi connectivity index (χ0v) is 16.3. The van der Waals surface area contributed by atoms with Crippen LogP contribution in [0.3, 0.4) is 0 Å². The van der Waals surface area contributed by atoms with E-state index in [1.165, 1.54) is 0 Å². The molecular weight excluding hydrogens is 332 g/mol. The van der Waals surface area contributed by atoms with Gasteiger partial charge in [-0.15, -0.1) is 21.5 Å². The monoisotopic (exact) mass is 360 g/mol. The van der Waals surface area contributed by atoms with E-state index < -0.39 is 0 Å². The summed E-state index contributed by atoms with van der Waals surface area (Å²) >= 11 is 1.71. The molecule has 1 fully saturated rings. The zero-order valence-electron chi connectivity index (χ0n) is 15.5. The number of aryl methyl sites for hydroxylation is 3. The van der Waals surface area contributed by atoms with Gasteiger partial charge in [-0.05, 0) is 32.6 Å². The first-order valence-corrected chi connectivity index (χ1v) is 10.1. The van der Waals surface area contributed by atoms with E-state index in [-0.39, 0.29) is 0 Å². The van der Waals surface area contributed by atoms with E-state index in [0.29, 0.717) is 6.04 Å². The molecule has 1 N–H and O–H groups in total. The van der Waals surface area contributed by atoms with Crippen molar-refractivity contribution in [3.8, 4) is 0 Å². The van der Waals surface area contributed by atoms with Crippen LogP contribution in [0.15, 0.2) is 6.07 Å². The summed E-state index contributed by atoms with van der Waals surface area (Å²) < 4.78 is 0. The number of rotatable bonds is 7. The van der Waals surface area contributed by atoms with E-state index in [1.54, 1.807) is 11.3 Å². The molecule has 25 heavy (non-hydrogen) atoms. The maximum Gasteiger partial charge on any atom is 0.132 e. The van der Waals surface area contributed by atoms with E-state index in [4.69, 9.17) is 0 Å². The van der Waals surface area contributed by atoms with Crippen molar-refractivity contribution in [1.29, 1.82) is 0 Å². The molecule has 136 valence electrons. The Labute approximate surface area is 154 Å². The van der Waals surface area contributed by atoms with Crippen LogP contribution in [0.25, 0.3) is 0 Å². The van der Waals surface area contributed by atoms with Gasteiger partial charge < -0.3 is 10.2 Å². The summed E-state index contributed by atoms with van der Waals surface area (Å²) in [7, 11) is 0. The van der Waals surface area contributed by atoms with Gasteiger partial charge in [0.2, 0.25) is 0 Å². The van der Waals surface area contributed by atoms with Gasteiger partial charge in [-0.1, -0.05) is 20.3 Å². The molecule has 0 radical (unpaired) electrons. The number of aromatic nitrogens is 4. The van der Waals surface area contributed by atoms with Crippen LogP contribution in [-0.4, -0.2) is 39.3 Å². The molecule has 6 nitrogen and oxygen atoms in total. The Kier molecular flexibility index (Phi) is 6.31. The highest BCUT2D eigenvalue weighted by molar-refractivity contribution is 7.11. The van der Waals surface area contributed by atoms with Crippen LogP contribution in [0.1, 0.15) is 54.6 Å². The predicted octanol–water partition coefficient (Wildman–Crippen LogP) is 2.91. The fourth-order valence-electron chi connectivity index (χ4n) is 3.21. The summed E-state index contributed by atoms with van der Waals surface area (Å²) in [5.41, 5.74) is 1.16. The van der Waals surface area contributed by atoms with Crippen molar-refractivity contribution in [3.05, 3.63) is 27.6 Å². The third kappa shape index (κ3) is 4.95. The van der Waals surface area contributed by atoms with E-state index in [1.807, 2.05) is 6.92 Å². The molecule has 7 heteroatoms. The largest absolute Gasteiger partial charge is 0.356 e. The number of piperidine rings is 1. The topological polar surface area (TPSA) is 66.8 Å². The Morgan fingerprint density at radius 1 is 1.16 bits per heavy atom. The van der Waals surface area contributed by atoms with Crippen LogP contribution in [0.4, 0.5) is 5.82 Å². The summed E-state index contributed by atoms with van der Waals surface area (Å²) in [5, 5.41) is 14.3. The average molecular weight is 361 g/mol. The quantitative estimate of drug-likeness (QED) is 0.819. The summed E-state index contributed by atoms with van der Waals surface area (Å²) in [4.78, 5) is 11.6. The normalized spacial score (nSPS) is 15.7. The summed E-state index contributed by atoms with van der Waals surface area (Å²) in [6, 6.07) is 2.71. The first kappa shape index (κ1) is 18.2. The van der Waals surface area contributed by atoms with Crippen LogP contribution in [-0.2, 0) is 19.4 Å². The van der Waals surface area contributed by atoms with Crippen LogP contribution < -0.4 is 10.2 Å². The maximum atomic E-state index is 4.65. The molecule has 2 aromatic heterocycles. The number of nitrogens with zero attached hydrogens (tertiary/aromatic N) is 5. The molecule has 3 rings (SSSR count). The number of anilines is 1. The van der Waals surface area contributed by atoms with E-state index in [9.17, 15) is 0 Å². The SMILES string of the molecule is CCCc1cc(N2CCC(NCc3nnc(CC)s3)CC2)nc(C)n1. The molecule has 0 aliphatic carbocycles. The Hall–Kier alpha value is -1.60. The van der Waals surface area contributed by atoms with Crippen LogP contribution in [0.2, 0.25) is 0 Å². The minimum absolute atomic E-state index is 0.545. The molecular formula is C18H28N6S. The van der Waals surface area contributed by atoms with Crippen molar-refractivity contribution in [2.24, 2.45) is 0 Å². The van der Waals surface area contributed by atoms with Crippen LogP contribution >= 0.6 is 11.3 Å². The molecule has 2 aromatic rings. The summed E-state index contributed by atoms with van der Waals surface area (Å²) in [6.45, 7) is 9.20.